The van der Waals surface area contributed by atoms with Gasteiger partial charge in [0.25, 0.3) is 5.95 Å². The predicted octanol–water partition coefficient (Wildman–Crippen LogP) is 0.894. The summed E-state index contributed by atoms with van der Waals surface area (Å²) in [5, 5.41) is 27.8. The van der Waals surface area contributed by atoms with E-state index in [2.05, 4.69) is 9.97 Å². The monoisotopic (exact) mass is 303 g/mol. The first kappa shape index (κ1) is 16.7. The van der Waals surface area contributed by atoms with Gasteiger partial charge in [0, 0.05) is 0 Å². The summed E-state index contributed by atoms with van der Waals surface area (Å²) < 4.78 is 9.62. The number of carbonyl (C=O) groups excluding carboxylic acids is 1. The third kappa shape index (κ3) is 3.41. The number of carbonyl (C=O) groups is 1. The van der Waals surface area contributed by atoms with E-state index < -0.39 is 23.2 Å². The van der Waals surface area contributed by atoms with Gasteiger partial charge < -0.3 is 20.3 Å². The van der Waals surface area contributed by atoms with Crippen LogP contribution in [0.1, 0.15) is 35.7 Å². The third-order valence-corrected chi connectivity index (χ3v) is 2.34. The number of ether oxygens (including phenoxy) is 2. The number of rotatable bonds is 5. The summed E-state index contributed by atoms with van der Waals surface area (Å²) >= 11 is 0. The molecule has 9 heteroatoms. The zero-order valence-electron chi connectivity index (χ0n) is 12.0. The number of nitriles is 2. The van der Waals surface area contributed by atoms with E-state index in [-0.39, 0.29) is 30.4 Å². The third-order valence-electron chi connectivity index (χ3n) is 2.34. The second-order valence-corrected chi connectivity index (χ2v) is 3.71. The van der Waals surface area contributed by atoms with E-state index in [1.807, 2.05) is 0 Å². The van der Waals surface area contributed by atoms with Crippen LogP contribution in [-0.4, -0.2) is 34.3 Å². The molecule has 0 fully saturated rings. The lowest BCUT2D eigenvalue weighted by Crippen LogP contribution is -2.15. The maximum atomic E-state index is 11.9. The van der Waals surface area contributed by atoms with Crippen molar-refractivity contribution < 1.29 is 19.4 Å². The lowest BCUT2D eigenvalue weighted by Gasteiger charge is -2.09. The number of aliphatic hydroxyl groups excluding tert-OH is 1. The molecule has 3 N–H and O–H groups in total. The van der Waals surface area contributed by atoms with E-state index in [1.165, 1.54) is 0 Å². The molecular weight excluding hydrogens is 290 g/mol. The van der Waals surface area contributed by atoms with Crippen molar-refractivity contribution in [1.82, 2.24) is 9.97 Å². The normalized spacial score (nSPS) is 10.9. The van der Waals surface area contributed by atoms with Gasteiger partial charge in [-0.25, -0.2) is 14.8 Å². The number of hydrogen-bond acceptors (Lipinski definition) is 9. The molecule has 1 aromatic rings. The summed E-state index contributed by atoms with van der Waals surface area (Å²) in [5.41, 5.74) is 4.09. The summed E-state index contributed by atoms with van der Waals surface area (Å²) in [6, 6.07) is 3.33. The Morgan fingerprint density at radius 2 is 1.86 bits per heavy atom. The number of esters is 1. The van der Waals surface area contributed by atoms with Crippen LogP contribution in [0.5, 0.6) is 0 Å². The Morgan fingerprint density at radius 3 is 2.36 bits per heavy atom. The second-order valence-electron chi connectivity index (χ2n) is 3.71. The Labute approximate surface area is 126 Å². The molecule has 114 valence electrons. The van der Waals surface area contributed by atoms with Gasteiger partial charge in [-0.3, -0.25) is 0 Å². The van der Waals surface area contributed by atoms with Crippen molar-refractivity contribution in [3.05, 3.63) is 23.0 Å². The lowest BCUT2D eigenvalue weighted by molar-refractivity contribution is 0.0518. The average Bonchev–Trinajstić information content (AvgIpc) is 2.48. The Balaban J connectivity index is 3.62. The Bertz CT molecular complexity index is 700. The SMILES string of the molecule is CCOC(=O)c1nc(C#N)c(N)nc1/C(C#N)=C(\O)OCC. The highest BCUT2D eigenvalue weighted by Gasteiger charge is 2.25. The molecular formula is C13H13N5O4. The van der Waals surface area contributed by atoms with Crippen LogP contribution in [0.2, 0.25) is 0 Å². The van der Waals surface area contributed by atoms with Crippen molar-refractivity contribution in [3.8, 4) is 12.1 Å². The first-order valence-corrected chi connectivity index (χ1v) is 6.21. The summed E-state index contributed by atoms with van der Waals surface area (Å²) in [5.74, 6) is -1.92. The Morgan fingerprint density at radius 1 is 1.23 bits per heavy atom. The summed E-state index contributed by atoms with van der Waals surface area (Å²) in [6.45, 7) is 3.31. The molecule has 0 radical (unpaired) electrons. The van der Waals surface area contributed by atoms with E-state index in [9.17, 15) is 9.90 Å². The minimum Gasteiger partial charge on any atom is -0.480 e. The van der Waals surface area contributed by atoms with Crippen LogP contribution in [0.3, 0.4) is 0 Å². The molecule has 9 nitrogen and oxygen atoms in total. The summed E-state index contributed by atoms with van der Waals surface area (Å²) in [7, 11) is 0. The molecule has 0 aliphatic rings. The molecule has 0 aromatic carbocycles. The number of aromatic nitrogens is 2. The second kappa shape index (κ2) is 7.45. The van der Waals surface area contributed by atoms with Gasteiger partial charge in [0.15, 0.2) is 22.8 Å². The minimum absolute atomic E-state index is 0.0509. The van der Waals surface area contributed by atoms with Gasteiger partial charge in [0.2, 0.25) is 0 Å². The van der Waals surface area contributed by atoms with Crippen molar-refractivity contribution in [2.75, 3.05) is 18.9 Å². The van der Waals surface area contributed by atoms with Gasteiger partial charge in [-0.05, 0) is 13.8 Å². The molecule has 0 amide bonds. The van der Waals surface area contributed by atoms with Crippen molar-refractivity contribution in [2.24, 2.45) is 0 Å². The van der Waals surface area contributed by atoms with E-state index in [0.29, 0.717) is 0 Å². The summed E-state index contributed by atoms with van der Waals surface area (Å²) in [4.78, 5) is 19.5. The van der Waals surface area contributed by atoms with Gasteiger partial charge in [-0.15, -0.1) is 0 Å². The van der Waals surface area contributed by atoms with Gasteiger partial charge in [0.1, 0.15) is 17.8 Å². The van der Waals surface area contributed by atoms with Gasteiger partial charge >= 0.3 is 5.97 Å². The van der Waals surface area contributed by atoms with Crippen LogP contribution in [0.4, 0.5) is 5.82 Å². The van der Waals surface area contributed by atoms with E-state index in [1.54, 1.807) is 26.0 Å². The number of allylic oxidation sites excluding steroid dienone is 1. The molecule has 0 bridgehead atoms. The highest BCUT2D eigenvalue weighted by molar-refractivity contribution is 5.95. The van der Waals surface area contributed by atoms with Gasteiger partial charge in [-0.2, -0.15) is 10.5 Å². The molecule has 0 aliphatic heterocycles. The van der Waals surface area contributed by atoms with Crippen molar-refractivity contribution in [3.63, 3.8) is 0 Å². The Hall–Kier alpha value is -3.33. The number of aliphatic hydroxyl groups is 1. The van der Waals surface area contributed by atoms with Crippen LogP contribution in [0, 0.1) is 22.7 Å². The molecule has 1 rings (SSSR count). The molecule has 0 aliphatic carbocycles. The van der Waals surface area contributed by atoms with Gasteiger partial charge in [0.05, 0.1) is 13.2 Å². The number of nitrogen functional groups attached to an aromatic ring is 1. The van der Waals surface area contributed by atoms with E-state index in [0.717, 1.165) is 0 Å². The molecule has 0 unspecified atom stereocenters. The number of nitrogens with two attached hydrogens (primary N) is 1. The zero-order valence-corrected chi connectivity index (χ0v) is 12.0. The largest absolute Gasteiger partial charge is 0.480 e. The topological polar surface area (TPSA) is 155 Å². The highest BCUT2D eigenvalue weighted by atomic mass is 16.6. The first-order chi connectivity index (χ1) is 10.5. The molecule has 0 spiro atoms. The number of hydrogen-bond donors (Lipinski definition) is 2. The fourth-order valence-electron chi connectivity index (χ4n) is 1.46. The molecule has 0 saturated heterocycles. The highest BCUT2D eigenvalue weighted by Crippen LogP contribution is 2.22. The molecule has 22 heavy (non-hydrogen) atoms. The zero-order chi connectivity index (χ0) is 16.7. The molecule has 1 heterocycles. The fourth-order valence-corrected chi connectivity index (χ4v) is 1.46. The van der Waals surface area contributed by atoms with Gasteiger partial charge in [-0.1, -0.05) is 0 Å². The minimum atomic E-state index is -0.904. The quantitative estimate of drug-likeness (QED) is 0.458. The van der Waals surface area contributed by atoms with Crippen LogP contribution >= 0.6 is 0 Å². The van der Waals surface area contributed by atoms with Crippen LogP contribution < -0.4 is 5.73 Å². The maximum Gasteiger partial charge on any atom is 0.359 e. The lowest BCUT2D eigenvalue weighted by atomic mass is 10.1. The maximum absolute atomic E-state index is 11.9. The van der Waals surface area contributed by atoms with E-state index in [4.69, 9.17) is 25.7 Å². The molecule has 0 saturated carbocycles. The van der Waals surface area contributed by atoms with Crippen molar-refractivity contribution in [1.29, 1.82) is 10.5 Å². The van der Waals surface area contributed by atoms with Crippen LogP contribution in [-0.2, 0) is 9.47 Å². The fraction of sp³-hybridized carbons (Fsp3) is 0.308. The van der Waals surface area contributed by atoms with Crippen LogP contribution in [0.15, 0.2) is 5.95 Å². The van der Waals surface area contributed by atoms with E-state index >= 15 is 0 Å². The number of anilines is 1. The van der Waals surface area contributed by atoms with Crippen LogP contribution in [0.25, 0.3) is 5.57 Å². The molecule has 1 aromatic heterocycles. The first-order valence-electron chi connectivity index (χ1n) is 6.21. The smallest absolute Gasteiger partial charge is 0.359 e. The van der Waals surface area contributed by atoms with Crippen molar-refractivity contribution >= 4 is 17.4 Å². The predicted molar refractivity (Wildman–Crippen MR) is 73.9 cm³/mol. The Kier molecular flexibility index (Phi) is 5.66. The van der Waals surface area contributed by atoms with Crippen molar-refractivity contribution in [2.45, 2.75) is 13.8 Å². The summed E-state index contributed by atoms with van der Waals surface area (Å²) in [6.07, 6.45) is 0. The molecule has 0 atom stereocenters. The standard InChI is InChI=1S/C13H13N5O4/c1-3-21-12(19)7(5-14)9-10(13(20)22-4-2)17-8(6-15)11(16)18-9/h19H,3-4H2,1-2H3,(H2,16,18)/b12-7+. The number of nitrogens with zero attached hydrogens (tertiary/aromatic N) is 4. The average molecular weight is 303 g/mol.